The van der Waals surface area contributed by atoms with Crippen LogP contribution in [-0.4, -0.2) is 27.4 Å². The van der Waals surface area contributed by atoms with Gasteiger partial charge in [0.1, 0.15) is 5.75 Å². The number of hydrogen-bond acceptors (Lipinski definition) is 3. The molecule has 0 aliphatic rings. The molecule has 0 aromatic heterocycles. The maximum absolute atomic E-state index is 5.38. The van der Waals surface area contributed by atoms with Crippen molar-refractivity contribution in [1.29, 1.82) is 0 Å². The van der Waals surface area contributed by atoms with E-state index in [1.807, 2.05) is 7.05 Å². The first kappa shape index (κ1) is 14.0. The predicted molar refractivity (Wildman–Crippen MR) is 72.8 cm³/mol. The second kappa shape index (κ2) is 6.62. The molecule has 96 valence electrons. The van der Waals surface area contributed by atoms with E-state index in [-0.39, 0.29) is 0 Å². The van der Waals surface area contributed by atoms with Crippen LogP contribution in [0.3, 0.4) is 0 Å². The van der Waals surface area contributed by atoms with Crippen molar-refractivity contribution in [1.82, 2.24) is 10.6 Å². The molecule has 0 unspecified atom stereocenters. The van der Waals surface area contributed by atoms with Gasteiger partial charge in [-0.25, -0.2) is 0 Å². The maximum atomic E-state index is 5.38. The van der Waals surface area contributed by atoms with Crippen LogP contribution in [0.25, 0.3) is 0 Å². The lowest BCUT2D eigenvalue weighted by molar-refractivity contribution is 0.410. The highest BCUT2D eigenvalue weighted by Crippen LogP contribution is 2.27. The molecule has 0 saturated heterocycles. The van der Waals surface area contributed by atoms with Crippen molar-refractivity contribution in [2.24, 2.45) is 0 Å². The Hall–Kier alpha value is -1.06. The van der Waals surface area contributed by atoms with Crippen molar-refractivity contribution in [2.75, 3.05) is 27.4 Å². The fraction of sp³-hybridized carbons (Fsp3) is 0.571. The molecule has 3 heteroatoms. The normalized spacial score (nSPS) is 10.6. The summed E-state index contributed by atoms with van der Waals surface area (Å²) >= 11 is 0. The molecule has 0 saturated carbocycles. The number of rotatable bonds is 6. The van der Waals surface area contributed by atoms with E-state index in [2.05, 4.69) is 37.5 Å². The van der Waals surface area contributed by atoms with E-state index >= 15 is 0 Å². The molecule has 3 nitrogen and oxygen atoms in total. The van der Waals surface area contributed by atoms with Crippen LogP contribution in [0, 0.1) is 20.8 Å². The Morgan fingerprint density at radius 2 is 1.88 bits per heavy atom. The number of methoxy groups -OCH3 is 1. The van der Waals surface area contributed by atoms with Crippen LogP contribution in [0.2, 0.25) is 0 Å². The van der Waals surface area contributed by atoms with Crippen LogP contribution < -0.4 is 15.4 Å². The van der Waals surface area contributed by atoms with Crippen LogP contribution in [0.4, 0.5) is 0 Å². The summed E-state index contributed by atoms with van der Waals surface area (Å²) < 4.78 is 5.38. The minimum absolute atomic E-state index is 0.854. The first-order valence-corrected chi connectivity index (χ1v) is 6.10. The van der Waals surface area contributed by atoms with Gasteiger partial charge in [0.25, 0.3) is 0 Å². The highest BCUT2D eigenvalue weighted by molar-refractivity contribution is 5.48. The average Bonchev–Trinajstić information content (AvgIpc) is 2.32. The zero-order valence-corrected chi connectivity index (χ0v) is 11.6. The monoisotopic (exact) mass is 236 g/mol. The topological polar surface area (TPSA) is 33.3 Å². The first-order chi connectivity index (χ1) is 8.11. The summed E-state index contributed by atoms with van der Waals surface area (Å²) in [5.41, 5.74) is 5.36. The van der Waals surface area contributed by atoms with Gasteiger partial charge in [0.05, 0.1) is 7.11 Å². The van der Waals surface area contributed by atoms with Crippen molar-refractivity contribution in [3.63, 3.8) is 0 Å². The summed E-state index contributed by atoms with van der Waals surface area (Å²) in [5, 5.41) is 6.43. The van der Waals surface area contributed by atoms with Gasteiger partial charge in [-0.3, -0.25) is 0 Å². The van der Waals surface area contributed by atoms with Gasteiger partial charge < -0.3 is 15.4 Å². The summed E-state index contributed by atoms with van der Waals surface area (Å²) in [5.74, 6) is 0.993. The molecule has 17 heavy (non-hydrogen) atoms. The predicted octanol–water partition coefficient (Wildman–Crippen LogP) is 1.93. The molecule has 0 atom stereocenters. The SMILES string of the molecule is CNCNCCc1c(C)cc(OC)c(C)c1C. The summed E-state index contributed by atoms with van der Waals surface area (Å²) in [6, 6.07) is 2.13. The summed E-state index contributed by atoms with van der Waals surface area (Å²) in [6.07, 6.45) is 1.06. The zero-order valence-electron chi connectivity index (χ0n) is 11.6. The van der Waals surface area contributed by atoms with E-state index in [0.29, 0.717) is 0 Å². The summed E-state index contributed by atoms with van der Waals surface area (Å²) in [7, 11) is 3.68. The van der Waals surface area contributed by atoms with E-state index in [4.69, 9.17) is 4.74 Å². The van der Waals surface area contributed by atoms with E-state index in [1.54, 1.807) is 7.11 Å². The minimum atomic E-state index is 0.854. The van der Waals surface area contributed by atoms with E-state index < -0.39 is 0 Å². The lowest BCUT2D eigenvalue weighted by Crippen LogP contribution is -2.27. The number of ether oxygens (including phenoxy) is 1. The van der Waals surface area contributed by atoms with Gasteiger partial charge in [-0.2, -0.15) is 0 Å². The standard InChI is InChI=1S/C14H24N2O/c1-10-8-14(17-5)12(3)11(2)13(10)6-7-16-9-15-4/h8,15-16H,6-7,9H2,1-5H3. The van der Waals surface area contributed by atoms with Crippen molar-refractivity contribution in [3.8, 4) is 5.75 Å². The molecule has 1 rings (SSSR count). The Balaban J connectivity index is 2.81. The smallest absolute Gasteiger partial charge is 0.122 e. The molecule has 2 N–H and O–H groups in total. The van der Waals surface area contributed by atoms with Crippen molar-refractivity contribution in [3.05, 3.63) is 28.3 Å². The van der Waals surface area contributed by atoms with Crippen LogP contribution >= 0.6 is 0 Å². The quantitative estimate of drug-likeness (QED) is 0.585. The molecule has 0 aliphatic carbocycles. The third kappa shape index (κ3) is 3.45. The first-order valence-electron chi connectivity index (χ1n) is 6.10. The number of aryl methyl sites for hydroxylation is 1. The Morgan fingerprint density at radius 3 is 2.47 bits per heavy atom. The van der Waals surface area contributed by atoms with Crippen molar-refractivity contribution < 1.29 is 4.74 Å². The molecule has 0 radical (unpaired) electrons. The van der Waals surface area contributed by atoms with E-state index in [1.165, 1.54) is 22.3 Å². The van der Waals surface area contributed by atoms with Crippen LogP contribution in [-0.2, 0) is 6.42 Å². The third-order valence-electron chi connectivity index (χ3n) is 3.28. The van der Waals surface area contributed by atoms with E-state index in [0.717, 1.165) is 25.4 Å². The Labute approximate surface area is 105 Å². The van der Waals surface area contributed by atoms with Crippen molar-refractivity contribution in [2.45, 2.75) is 27.2 Å². The largest absolute Gasteiger partial charge is 0.496 e. The molecule has 0 bridgehead atoms. The molecule has 1 aromatic carbocycles. The van der Waals surface area contributed by atoms with Gasteiger partial charge >= 0.3 is 0 Å². The van der Waals surface area contributed by atoms with Gasteiger partial charge in [-0.05, 0) is 62.6 Å². The lowest BCUT2D eigenvalue weighted by atomic mass is 9.95. The summed E-state index contributed by atoms with van der Waals surface area (Å²) in [6.45, 7) is 8.31. The summed E-state index contributed by atoms with van der Waals surface area (Å²) in [4.78, 5) is 0. The van der Waals surface area contributed by atoms with Crippen LogP contribution in [0.15, 0.2) is 6.07 Å². The fourth-order valence-corrected chi connectivity index (χ4v) is 2.12. The minimum Gasteiger partial charge on any atom is -0.496 e. The molecule has 0 aliphatic heterocycles. The number of benzene rings is 1. The Kier molecular flexibility index (Phi) is 5.45. The molecule has 0 heterocycles. The molecule has 0 fully saturated rings. The maximum Gasteiger partial charge on any atom is 0.122 e. The van der Waals surface area contributed by atoms with Gasteiger partial charge in [0.2, 0.25) is 0 Å². The molecule has 1 aromatic rings. The number of hydrogen-bond donors (Lipinski definition) is 2. The fourth-order valence-electron chi connectivity index (χ4n) is 2.12. The third-order valence-corrected chi connectivity index (χ3v) is 3.28. The molecular formula is C14H24N2O. The molecule has 0 spiro atoms. The molecular weight excluding hydrogens is 212 g/mol. The second-order valence-electron chi connectivity index (χ2n) is 4.40. The zero-order chi connectivity index (χ0) is 12.8. The highest BCUT2D eigenvalue weighted by Gasteiger charge is 2.09. The number of nitrogens with one attached hydrogen (secondary N) is 2. The van der Waals surface area contributed by atoms with E-state index in [9.17, 15) is 0 Å². The Bertz CT molecular complexity index is 375. The average molecular weight is 236 g/mol. The van der Waals surface area contributed by atoms with Crippen LogP contribution in [0.5, 0.6) is 5.75 Å². The van der Waals surface area contributed by atoms with Gasteiger partial charge in [0, 0.05) is 13.2 Å². The van der Waals surface area contributed by atoms with Gasteiger partial charge in [-0.1, -0.05) is 0 Å². The second-order valence-corrected chi connectivity index (χ2v) is 4.40. The van der Waals surface area contributed by atoms with Crippen LogP contribution in [0.1, 0.15) is 22.3 Å². The molecule has 0 amide bonds. The van der Waals surface area contributed by atoms with Crippen molar-refractivity contribution >= 4 is 0 Å². The lowest BCUT2D eigenvalue weighted by Gasteiger charge is -2.16. The van der Waals surface area contributed by atoms with Gasteiger partial charge in [0.15, 0.2) is 0 Å². The highest BCUT2D eigenvalue weighted by atomic mass is 16.5. The Morgan fingerprint density at radius 1 is 1.18 bits per heavy atom. The van der Waals surface area contributed by atoms with Gasteiger partial charge in [-0.15, -0.1) is 0 Å².